The Morgan fingerprint density at radius 2 is 1.84 bits per heavy atom. The van der Waals surface area contributed by atoms with Crippen LogP contribution in [0.4, 0.5) is 4.79 Å². The third-order valence-corrected chi connectivity index (χ3v) is 6.06. The third kappa shape index (κ3) is 5.70. The number of methoxy groups -OCH3 is 2. The first kappa shape index (κ1) is 26.5. The molecule has 12 heteroatoms. The average Bonchev–Trinajstić information content (AvgIpc) is 3.48. The van der Waals surface area contributed by atoms with Gasteiger partial charge >= 0.3 is 18.0 Å². The Labute approximate surface area is 224 Å². The molecule has 196 valence electrons. The number of urea groups is 1. The van der Waals surface area contributed by atoms with Gasteiger partial charge in [-0.1, -0.05) is 12.1 Å². The number of rotatable bonds is 9. The molecule has 1 aliphatic heterocycles. The molecule has 3 amide bonds. The van der Waals surface area contributed by atoms with Crippen molar-refractivity contribution in [2.75, 3.05) is 14.2 Å². The number of imide groups is 1. The summed E-state index contributed by atoms with van der Waals surface area (Å²) < 4.78 is 21.8. The van der Waals surface area contributed by atoms with E-state index >= 15 is 0 Å². The summed E-state index contributed by atoms with van der Waals surface area (Å²) in [6.07, 6.45) is 1.49. The van der Waals surface area contributed by atoms with Crippen molar-refractivity contribution in [3.8, 4) is 11.5 Å². The molecule has 11 nitrogen and oxygen atoms in total. The molecule has 1 aliphatic rings. The fraction of sp³-hybridized carbons (Fsp3) is 0.154. The maximum atomic E-state index is 12.9. The standard InChI is InChI=1S/C26H21BrN2O9/c1-35-21-11-15(9-18(27)22(21)37-13-14-3-5-16(6-4-14)24(31)32)10-19-23(30)29(26(34)28-19)12-17-7-8-20(38-17)25(33)36-2/h3-11H,12-13H2,1-2H3,(H,28,34)(H,31,32)/b19-10-. The minimum atomic E-state index is -1.01. The summed E-state index contributed by atoms with van der Waals surface area (Å²) in [7, 11) is 2.68. The summed E-state index contributed by atoms with van der Waals surface area (Å²) in [5.41, 5.74) is 1.51. The van der Waals surface area contributed by atoms with Gasteiger partial charge in [-0.15, -0.1) is 0 Å². The molecule has 0 saturated carbocycles. The Morgan fingerprint density at radius 3 is 2.50 bits per heavy atom. The zero-order valence-corrected chi connectivity index (χ0v) is 21.7. The molecule has 0 spiro atoms. The molecule has 1 saturated heterocycles. The van der Waals surface area contributed by atoms with Crippen molar-refractivity contribution in [2.45, 2.75) is 13.2 Å². The molecule has 38 heavy (non-hydrogen) atoms. The number of aromatic carboxylic acids is 1. The van der Waals surface area contributed by atoms with E-state index in [1.165, 1.54) is 44.6 Å². The first-order valence-electron chi connectivity index (χ1n) is 11.0. The number of hydrogen-bond donors (Lipinski definition) is 2. The molecule has 2 heterocycles. The Morgan fingerprint density at radius 1 is 1.11 bits per heavy atom. The molecule has 3 aromatic rings. The van der Waals surface area contributed by atoms with Crippen molar-refractivity contribution in [3.05, 3.63) is 86.9 Å². The van der Waals surface area contributed by atoms with Crippen LogP contribution in [0.3, 0.4) is 0 Å². The van der Waals surface area contributed by atoms with Gasteiger partial charge in [0.15, 0.2) is 11.5 Å². The topological polar surface area (TPSA) is 145 Å². The number of carbonyl (C=O) groups excluding carboxylic acids is 3. The second-order valence-electron chi connectivity index (χ2n) is 7.96. The van der Waals surface area contributed by atoms with Crippen molar-refractivity contribution in [1.29, 1.82) is 0 Å². The average molecular weight is 585 g/mol. The monoisotopic (exact) mass is 584 g/mol. The van der Waals surface area contributed by atoms with Gasteiger partial charge in [0.25, 0.3) is 5.91 Å². The van der Waals surface area contributed by atoms with Crippen LogP contribution < -0.4 is 14.8 Å². The molecule has 0 bridgehead atoms. The number of carboxylic acids is 1. The van der Waals surface area contributed by atoms with Gasteiger partial charge in [-0.25, -0.2) is 14.4 Å². The van der Waals surface area contributed by atoms with Gasteiger partial charge in [-0.3, -0.25) is 9.69 Å². The first-order valence-corrected chi connectivity index (χ1v) is 11.8. The van der Waals surface area contributed by atoms with E-state index in [4.69, 9.17) is 19.0 Å². The minimum absolute atomic E-state index is 0.0379. The number of halogens is 1. The predicted octanol–water partition coefficient (Wildman–Crippen LogP) is 4.21. The van der Waals surface area contributed by atoms with Crippen molar-refractivity contribution in [2.24, 2.45) is 0 Å². The lowest BCUT2D eigenvalue weighted by molar-refractivity contribution is -0.123. The normalized spacial score (nSPS) is 14.0. The van der Waals surface area contributed by atoms with E-state index in [0.29, 0.717) is 21.5 Å². The van der Waals surface area contributed by atoms with Crippen LogP contribution in [-0.2, 0) is 22.7 Å². The maximum Gasteiger partial charge on any atom is 0.373 e. The number of amides is 3. The van der Waals surface area contributed by atoms with E-state index < -0.39 is 23.9 Å². The van der Waals surface area contributed by atoms with Crippen LogP contribution in [-0.4, -0.2) is 48.1 Å². The predicted molar refractivity (Wildman–Crippen MR) is 136 cm³/mol. The van der Waals surface area contributed by atoms with Gasteiger partial charge in [0.05, 0.1) is 30.8 Å². The zero-order valence-electron chi connectivity index (χ0n) is 20.1. The van der Waals surface area contributed by atoms with Crippen LogP contribution in [0.2, 0.25) is 0 Å². The number of benzene rings is 2. The molecule has 0 radical (unpaired) electrons. The highest BCUT2D eigenvalue weighted by atomic mass is 79.9. The molecular formula is C26H21BrN2O9. The van der Waals surface area contributed by atoms with E-state index in [0.717, 1.165) is 10.5 Å². The molecule has 0 atom stereocenters. The lowest BCUT2D eigenvalue weighted by Gasteiger charge is -2.14. The second kappa shape index (κ2) is 11.2. The van der Waals surface area contributed by atoms with Crippen LogP contribution in [0.25, 0.3) is 6.08 Å². The Balaban J connectivity index is 1.49. The number of ether oxygens (including phenoxy) is 3. The van der Waals surface area contributed by atoms with Crippen LogP contribution >= 0.6 is 15.9 Å². The van der Waals surface area contributed by atoms with Gasteiger partial charge in [-0.2, -0.15) is 0 Å². The Hall–Kier alpha value is -4.58. The van der Waals surface area contributed by atoms with Crippen molar-refractivity contribution >= 4 is 45.9 Å². The molecule has 4 rings (SSSR count). The maximum absolute atomic E-state index is 12.9. The van der Waals surface area contributed by atoms with Crippen molar-refractivity contribution < 1.29 is 42.9 Å². The summed E-state index contributed by atoms with van der Waals surface area (Å²) in [6, 6.07) is 11.9. The van der Waals surface area contributed by atoms with Gasteiger partial charge in [0, 0.05) is 0 Å². The Bertz CT molecular complexity index is 1440. The van der Waals surface area contributed by atoms with Crippen LogP contribution in [0.1, 0.15) is 37.8 Å². The molecule has 2 N–H and O–H groups in total. The first-order chi connectivity index (χ1) is 18.2. The number of carbonyl (C=O) groups is 4. The fourth-order valence-corrected chi connectivity index (χ4v) is 4.15. The number of hydrogen-bond acceptors (Lipinski definition) is 8. The lowest BCUT2D eigenvalue weighted by atomic mass is 10.1. The van der Waals surface area contributed by atoms with E-state index in [1.807, 2.05) is 0 Å². The van der Waals surface area contributed by atoms with E-state index in [2.05, 4.69) is 26.0 Å². The van der Waals surface area contributed by atoms with Gasteiger partial charge < -0.3 is 29.1 Å². The molecule has 0 unspecified atom stereocenters. The minimum Gasteiger partial charge on any atom is -0.493 e. The highest BCUT2D eigenvalue weighted by Gasteiger charge is 2.34. The summed E-state index contributed by atoms with van der Waals surface area (Å²) in [5, 5.41) is 11.6. The summed E-state index contributed by atoms with van der Waals surface area (Å²) in [6.45, 7) is -0.0183. The number of nitrogens with zero attached hydrogens (tertiary/aromatic N) is 1. The van der Waals surface area contributed by atoms with Crippen molar-refractivity contribution in [3.63, 3.8) is 0 Å². The van der Waals surface area contributed by atoms with Gasteiger partial charge in [0.1, 0.15) is 18.1 Å². The third-order valence-electron chi connectivity index (χ3n) is 5.47. The highest BCUT2D eigenvalue weighted by Crippen LogP contribution is 2.38. The van der Waals surface area contributed by atoms with E-state index in [1.54, 1.807) is 24.3 Å². The molecule has 1 aromatic heterocycles. The number of nitrogens with one attached hydrogen (secondary N) is 1. The number of carboxylic acid groups (broad SMARTS) is 1. The van der Waals surface area contributed by atoms with Crippen LogP contribution in [0.15, 0.2) is 63.1 Å². The van der Waals surface area contributed by atoms with Crippen molar-refractivity contribution in [1.82, 2.24) is 10.2 Å². The lowest BCUT2D eigenvalue weighted by Crippen LogP contribution is -2.30. The quantitative estimate of drug-likeness (QED) is 0.214. The highest BCUT2D eigenvalue weighted by molar-refractivity contribution is 9.10. The number of furan rings is 1. The summed E-state index contributed by atoms with van der Waals surface area (Å²) in [4.78, 5) is 48.9. The van der Waals surface area contributed by atoms with E-state index in [-0.39, 0.29) is 35.9 Å². The number of esters is 1. The van der Waals surface area contributed by atoms with Gasteiger partial charge in [-0.05, 0) is 69.5 Å². The molecule has 1 fully saturated rings. The molecule has 2 aromatic carbocycles. The second-order valence-corrected chi connectivity index (χ2v) is 8.82. The fourth-order valence-electron chi connectivity index (χ4n) is 3.57. The largest absolute Gasteiger partial charge is 0.493 e. The molecular weight excluding hydrogens is 564 g/mol. The summed E-state index contributed by atoms with van der Waals surface area (Å²) >= 11 is 3.45. The zero-order chi connectivity index (χ0) is 27.4. The molecule has 0 aliphatic carbocycles. The smallest absolute Gasteiger partial charge is 0.373 e. The van der Waals surface area contributed by atoms with Crippen LogP contribution in [0, 0.1) is 0 Å². The van der Waals surface area contributed by atoms with Gasteiger partial charge in [0.2, 0.25) is 5.76 Å². The summed E-state index contributed by atoms with van der Waals surface area (Å²) in [5.74, 6) is -1.29. The van der Waals surface area contributed by atoms with E-state index in [9.17, 15) is 19.2 Å². The van der Waals surface area contributed by atoms with Crippen LogP contribution in [0.5, 0.6) is 11.5 Å². The Kier molecular flexibility index (Phi) is 7.82. The SMILES string of the molecule is COC(=O)c1ccc(CN2C(=O)N/C(=C\c3cc(Br)c(OCc4ccc(C(=O)O)cc4)c(OC)c3)C2=O)o1.